The van der Waals surface area contributed by atoms with Crippen LogP contribution >= 0.6 is 0 Å². The van der Waals surface area contributed by atoms with E-state index in [4.69, 9.17) is 4.74 Å². The molecule has 0 aliphatic carbocycles. The molecule has 2 N–H and O–H groups in total. The van der Waals surface area contributed by atoms with Crippen LogP contribution in [0.5, 0.6) is 0 Å². The van der Waals surface area contributed by atoms with Crippen molar-refractivity contribution in [3.63, 3.8) is 0 Å². The van der Waals surface area contributed by atoms with Crippen LogP contribution in [0.25, 0.3) is 0 Å². The second-order valence-electron chi connectivity index (χ2n) is 6.51. The van der Waals surface area contributed by atoms with Gasteiger partial charge in [0.15, 0.2) is 5.96 Å². The molecule has 1 aromatic heterocycles. The van der Waals surface area contributed by atoms with Gasteiger partial charge in [-0.3, -0.25) is 14.6 Å². The van der Waals surface area contributed by atoms with Crippen molar-refractivity contribution in [3.8, 4) is 0 Å². The van der Waals surface area contributed by atoms with E-state index in [9.17, 15) is 9.59 Å². The topological polar surface area (TPSA) is 95.9 Å². The molecule has 2 rings (SSSR count). The molecule has 8 nitrogen and oxygen atoms in total. The number of piperidine rings is 1. The molecule has 1 saturated heterocycles. The summed E-state index contributed by atoms with van der Waals surface area (Å²) in [6.45, 7) is 6.14. The summed E-state index contributed by atoms with van der Waals surface area (Å²) in [5, 5.41) is 5.99. The van der Waals surface area contributed by atoms with Crippen molar-refractivity contribution in [2.75, 3.05) is 38.6 Å². The lowest BCUT2D eigenvalue weighted by molar-refractivity contribution is -0.149. The molecular formula is C19H29N5O3. The summed E-state index contributed by atoms with van der Waals surface area (Å²) in [5.74, 6) is 1.05. The molecule has 0 atom stereocenters. The number of nitrogens with zero attached hydrogens (tertiary/aromatic N) is 3. The fraction of sp³-hybridized carbons (Fsp3) is 0.579. The molecule has 1 amide bonds. The number of aromatic nitrogens is 1. The molecule has 0 aromatic carbocycles. The number of anilines is 1. The maximum Gasteiger partial charge on any atom is 0.309 e. The minimum absolute atomic E-state index is 0.0351. The van der Waals surface area contributed by atoms with Crippen molar-refractivity contribution in [1.29, 1.82) is 0 Å². The highest BCUT2D eigenvalue weighted by molar-refractivity contribution is 5.90. The second kappa shape index (κ2) is 10.5. The first-order valence-electron chi connectivity index (χ1n) is 9.38. The molecule has 8 heteroatoms. The number of carbonyl (C=O) groups is 2. The molecule has 148 valence electrons. The van der Waals surface area contributed by atoms with Gasteiger partial charge in [-0.2, -0.15) is 0 Å². The molecule has 1 aliphatic heterocycles. The maximum absolute atomic E-state index is 12.0. The van der Waals surface area contributed by atoms with Crippen molar-refractivity contribution < 1.29 is 14.3 Å². The molecule has 0 radical (unpaired) electrons. The molecule has 1 fully saturated rings. The van der Waals surface area contributed by atoms with Crippen LogP contribution in [0.3, 0.4) is 0 Å². The summed E-state index contributed by atoms with van der Waals surface area (Å²) in [4.78, 5) is 34.4. The summed E-state index contributed by atoms with van der Waals surface area (Å²) >= 11 is 0. The third kappa shape index (κ3) is 6.54. The molecular weight excluding hydrogens is 346 g/mol. The van der Waals surface area contributed by atoms with Gasteiger partial charge in [0.1, 0.15) is 5.82 Å². The number of carbonyl (C=O) groups excluding carboxylic acids is 2. The van der Waals surface area contributed by atoms with Crippen LogP contribution in [-0.4, -0.2) is 61.0 Å². The van der Waals surface area contributed by atoms with Gasteiger partial charge >= 0.3 is 5.97 Å². The van der Waals surface area contributed by atoms with Gasteiger partial charge in [-0.25, -0.2) is 4.98 Å². The highest BCUT2D eigenvalue weighted by atomic mass is 16.5. The summed E-state index contributed by atoms with van der Waals surface area (Å²) in [7, 11) is 1.72. The number of aryl methyl sites for hydroxylation is 1. The Hall–Kier alpha value is -2.64. The normalized spacial score (nSPS) is 15.4. The van der Waals surface area contributed by atoms with E-state index in [-0.39, 0.29) is 17.8 Å². The van der Waals surface area contributed by atoms with Gasteiger partial charge in [0.05, 0.1) is 12.5 Å². The van der Waals surface area contributed by atoms with Crippen LogP contribution < -0.4 is 10.6 Å². The van der Waals surface area contributed by atoms with E-state index in [1.807, 2.05) is 19.9 Å². The number of likely N-dealkylation sites (tertiary alicyclic amines) is 1. The number of rotatable bonds is 6. The minimum atomic E-state index is -0.110. The van der Waals surface area contributed by atoms with Crippen LogP contribution in [-0.2, 0) is 14.3 Å². The Balaban J connectivity index is 1.72. The minimum Gasteiger partial charge on any atom is -0.466 e. The molecule has 0 spiro atoms. The van der Waals surface area contributed by atoms with Crippen LogP contribution in [0.15, 0.2) is 23.3 Å². The van der Waals surface area contributed by atoms with E-state index >= 15 is 0 Å². The highest BCUT2D eigenvalue weighted by Gasteiger charge is 2.27. The number of pyridine rings is 1. The van der Waals surface area contributed by atoms with E-state index in [2.05, 4.69) is 25.5 Å². The number of aliphatic imine (C=N–C) groups is 1. The third-order valence-electron chi connectivity index (χ3n) is 4.44. The molecule has 2 heterocycles. The number of guanidine groups is 1. The van der Waals surface area contributed by atoms with E-state index < -0.39 is 0 Å². The van der Waals surface area contributed by atoms with Gasteiger partial charge in [0.25, 0.3) is 0 Å². The average molecular weight is 375 g/mol. The lowest BCUT2D eigenvalue weighted by atomic mass is 9.97. The van der Waals surface area contributed by atoms with Gasteiger partial charge in [-0.05, 0) is 38.3 Å². The van der Waals surface area contributed by atoms with Crippen LogP contribution in [0.1, 0.15) is 31.7 Å². The average Bonchev–Trinajstić information content (AvgIpc) is 2.67. The first-order valence-corrected chi connectivity index (χ1v) is 9.38. The largest absolute Gasteiger partial charge is 0.466 e. The van der Waals surface area contributed by atoms with E-state index in [1.54, 1.807) is 19.3 Å². The summed E-state index contributed by atoms with van der Waals surface area (Å²) < 4.78 is 5.10. The van der Waals surface area contributed by atoms with Crippen molar-refractivity contribution in [2.45, 2.75) is 33.1 Å². The molecule has 1 aliphatic rings. The predicted molar refractivity (Wildman–Crippen MR) is 105 cm³/mol. The zero-order valence-corrected chi connectivity index (χ0v) is 16.3. The first-order chi connectivity index (χ1) is 13.0. The zero-order chi connectivity index (χ0) is 19.6. The van der Waals surface area contributed by atoms with Crippen LogP contribution in [0.2, 0.25) is 0 Å². The fourth-order valence-corrected chi connectivity index (χ4v) is 2.95. The van der Waals surface area contributed by atoms with Crippen molar-refractivity contribution in [3.05, 3.63) is 23.9 Å². The molecule has 0 unspecified atom stereocenters. The molecule has 0 saturated carbocycles. The maximum atomic E-state index is 12.0. The number of amides is 1. The number of hydrogen-bond donors (Lipinski definition) is 2. The Morgan fingerprint density at radius 1 is 1.33 bits per heavy atom. The molecule has 0 bridgehead atoms. The Morgan fingerprint density at radius 3 is 2.67 bits per heavy atom. The van der Waals surface area contributed by atoms with Crippen molar-refractivity contribution in [1.82, 2.24) is 15.2 Å². The number of hydrogen-bond acceptors (Lipinski definition) is 5. The summed E-state index contributed by atoms with van der Waals surface area (Å²) in [6, 6.07) is 3.69. The van der Waals surface area contributed by atoms with Crippen molar-refractivity contribution >= 4 is 23.7 Å². The van der Waals surface area contributed by atoms with Gasteiger partial charge in [-0.1, -0.05) is 6.07 Å². The SMILES string of the molecule is CCOC(=O)C1CCN(C(=NC)NCCC(=O)Nc2ccc(C)cn2)CC1. The van der Waals surface area contributed by atoms with Gasteiger partial charge in [0.2, 0.25) is 5.91 Å². The number of nitrogens with one attached hydrogen (secondary N) is 2. The standard InChI is InChI=1S/C19H29N5O3/c1-4-27-18(26)15-8-11-24(12-9-15)19(20-3)21-10-7-17(25)23-16-6-5-14(2)13-22-16/h5-6,13,15H,4,7-12H2,1-3H3,(H,20,21)(H,22,23,25). The Labute approximate surface area is 160 Å². The van der Waals surface area contributed by atoms with Gasteiger partial charge < -0.3 is 20.3 Å². The molecule has 1 aromatic rings. The lowest BCUT2D eigenvalue weighted by Crippen LogP contribution is -2.47. The third-order valence-corrected chi connectivity index (χ3v) is 4.44. The fourth-order valence-electron chi connectivity index (χ4n) is 2.95. The van der Waals surface area contributed by atoms with E-state index in [1.165, 1.54) is 0 Å². The quantitative estimate of drug-likeness (QED) is 0.445. The van der Waals surface area contributed by atoms with Crippen LogP contribution in [0, 0.1) is 12.8 Å². The monoisotopic (exact) mass is 375 g/mol. The zero-order valence-electron chi connectivity index (χ0n) is 16.3. The Bertz CT molecular complexity index is 652. The first kappa shape index (κ1) is 20.7. The second-order valence-corrected chi connectivity index (χ2v) is 6.51. The van der Waals surface area contributed by atoms with Crippen LogP contribution in [0.4, 0.5) is 5.82 Å². The highest BCUT2D eigenvalue weighted by Crippen LogP contribution is 2.18. The Kier molecular flexibility index (Phi) is 8.03. The lowest BCUT2D eigenvalue weighted by Gasteiger charge is -2.33. The summed E-state index contributed by atoms with van der Waals surface area (Å²) in [5.41, 5.74) is 1.05. The predicted octanol–water partition coefficient (Wildman–Crippen LogP) is 1.57. The van der Waals surface area contributed by atoms with Crippen molar-refractivity contribution in [2.24, 2.45) is 10.9 Å². The number of ether oxygens (including phenoxy) is 1. The Morgan fingerprint density at radius 2 is 2.07 bits per heavy atom. The summed E-state index contributed by atoms with van der Waals surface area (Å²) in [6.07, 6.45) is 3.53. The van der Waals surface area contributed by atoms with Gasteiger partial charge in [-0.15, -0.1) is 0 Å². The smallest absolute Gasteiger partial charge is 0.309 e. The van der Waals surface area contributed by atoms with E-state index in [0.29, 0.717) is 25.4 Å². The van der Waals surface area contributed by atoms with E-state index in [0.717, 1.165) is 37.5 Å². The molecule has 27 heavy (non-hydrogen) atoms. The number of esters is 1. The van der Waals surface area contributed by atoms with Gasteiger partial charge in [0, 0.05) is 39.3 Å².